The van der Waals surface area contributed by atoms with Gasteiger partial charge < -0.3 is 10.3 Å². The molecule has 1 unspecified atom stereocenters. The fourth-order valence-electron chi connectivity index (χ4n) is 0.408. The molecule has 0 aromatic carbocycles. The van der Waals surface area contributed by atoms with Crippen LogP contribution in [0.15, 0.2) is 5.18 Å². The summed E-state index contributed by atoms with van der Waals surface area (Å²) in [4.78, 5) is 9.51. The second-order valence-corrected chi connectivity index (χ2v) is 2.39. The van der Waals surface area contributed by atoms with Crippen LogP contribution in [0.1, 0.15) is 6.42 Å². The molecule has 0 bridgehead atoms. The van der Waals surface area contributed by atoms with Crippen LogP contribution >= 0.6 is 22.6 Å². The Labute approximate surface area is 67.3 Å². The van der Waals surface area contributed by atoms with Gasteiger partial charge in [-0.25, -0.2) is 0 Å². The van der Waals surface area contributed by atoms with Crippen molar-refractivity contribution < 1.29 is 5.06 Å². The molecule has 0 aliphatic carbocycles. The molecule has 0 rings (SSSR count). The third-order valence-corrected chi connectivity index (χ3v) is 1.70. The van der Waals surface area contributed by atoms with E-state index in [0.717, 1.165) is 0 Å². The molecule has 9 heavy (non-hydrogen) atoms. The minimum Gasteiger partial charge on any atom is -0.634 e. The van der Waals surface area contributed by atoms with E-state index in [1.165, 1.54) is 0 Å². The lowest BCUT2D eigenvalue weighted by Gasteiger charge is -2.17. The Hall–Kier alpha value is 0.250. The van der Waals surface area contributed by atoms with Gasteiger partial charge in [-0.3, -0.25) is 0 Å². The number of alkyl halides is 1. The van der Waals surface area contributed by atoms with Crippen LogP contribution in [0.25, 0.3) is 0 Å². The molecule has 54 valence electrons. The molecule has 0 radical (unpaired) electrons. The standard InChI is InChI=1S/C4H9IN2O2/c5-4-7(9)3-1-2-6-8/h7H,1-4H2. The number of rotatable bonds is 5. The molecule has 0 heterocycles. The first kappa shape index (κ1) is 9.25. The van der Waals surface area contributed by atoms with Gasteiger partial charge in [-0.2, -0.15) is 4.91 Å². The second-order valence-electron chi connectivity index (χ2n) is 1.63. The Morgan fingerprint density at radius 3 is 2.78 bits per heavy atom. The summed E-state index contributed by atoms with van der Waals surface area (Å²) in [6, 6.07) is 0. The van der Waals surface area contributed by atoms with Gasteiger partial charge in [0.25, 0.3) is 0 Å². The van der Waals surface area contributed by atoms with Gasteiger partial charge in [-0.1, -0.05) is 5.18 Å². The van der Waals surface area contributed by atoms with Gasteiger partial charge in [0.05, 0.1) is 13.1 Å². The average Bonchev–Trinajstić information content (AvgIpc) is 1.89. The van der Waals surface area contributed by atoms with Gasteiger partial charge in [0.1, 0.15) is 4.55 Å². The molecule has 0 saturated heterocycles. The van der Waals surface area contributed by atoms with Crippen LogP contribution in [-0.2, 0) is 0 Å². The van der Waals surface area contributed by atoms with Crippen LogP contribution in [0.5, 0.6) is 0 Å². The number of halogens is 1. The zero-order valence-corrected chi connectivity index (χ0v) is 7.13. The first-order chi connectivity index (χ1) is 4.31. The van der Waals surface area contributed by atoms with Crippen LogP contribution in [0.2, 0.25) is 0 Å². The van der Waals surface area contributed by atoms with E-state index in [1.807, 2.05) is 22.6 Å². The summed E-state index contributed by atoms with van der Waals surface area (Å²) in [7, 11) is 0. The van der Waals surface area contributed by atoms with Crippen molar-refractivity contribution in [3.63, 3.8) is 0 Å². The summed E-state index contributed by atoms with van der Waals surface area (Å²) < 4.78 is 0.538. The van der Waals surface area contributed by atoms with Crippen molar-refractivity contribution in [2.45, 2.75) is 6.42 Å². The predicted molar refractivity (Wildman–Crippen MR) is 43.4 cm³/mol. The topological polar surface area (TPSA) is 56.9 Å². The van der Waals surface area contributed by atoms with E-state index in [1.54, 1.807) is 0 Å². The highest BCUT2D eigenvalue weighted by molar-refractivity contribution is 14.1. The summed E-state index contributed by atoms with van der Waals surface area (Å²) in [6.45, 7) is 0.761. The van der Waals surface area contributed by atoms with Gasteiger partial charge >= 0.3 is 0 Å². The maximum atomic E-state index is 10.5. The van der Waals surface area contributed by atoms with Gasteiger partial charge in [0.2, 0.25) is 0 Å². The van der Waals surface area contributed by atoms with Crippen LogP contribution in [0, 0.1) is 10.1 Å². The maximum Gasteiger partial charge on any atom is 0.127 e. The highest BCUT2D eigenvalue weighted by Gasteiger charge is 1.92. The van der Waals surface area contributed by atoms with Gasteiger partial charge in [0.15, 0.2) is 0 Å². The van der Waals surface area contributed by atoms with Crippen molar-refractivity contribution in [1.29, 1.82) is 0 Å². The third-order valence-electron chi connectivity index (χ3n) is 0.854. The molecule has 0 aliphatic heterocycles. The fourth-order valence-corrected chi connectivity index (χ4v) is 0.789. The van der Waals surface area contributed by atoms with Gasteiger partial charge in [0, 0.05) is 6.42 Å². The first-order valence-corrected chi connectivity index (χ1v) is 4.20. The molecule has 0 amide bonds. The molecule has 0 aromatic rings. The second kappa shape index (κ2) is 6.37. The summed E-state index contributed by atoms with van der Waals surface area (Å²) in [6.07, 6.45) is 0.603. The Morgan fingerprint density at radius 2 is 2.33 bits per heavy atom. The third kappa shape index (κ3) is 6.13. The summed E-state index contributed by atoms with van der Waals surface area (Å²) in [5.41, 5.74) is 0. The summed E-state index contributed by atoms with van der Waals surface area (Å²) in [5.74, 6) is 0. The molecule has 1 atom stereocenters. The Morgan fingerprint density at radius 1 is 1.67 bits per heavy atom. The highest BCUT2D eigenvalue weighted by atomic mass is 127. The molecule has 0 fully saturated rings. The number of nitrogens with one attached hydrogen (secondary N) is 1. The van der Waals surface area contributed by atoms with Crippen LogP contribution in [-0.4, -0.2) is 17.6 Å². The van der Waals surface area contributed by atoms with E-state index in [-0.39, 0.29) is 11.6 Å². The van der Waals surface area contributed by atoms with Gasteiger partial charge in [-0.15, -0.1) is 0 Å². The molecule has 0 saturated carbocycles. The van der Waals surface area contributed by atoms with Crippen molar-refractivity contribution >= 4 is 22.6 Å². The molecule has 1 N–H and O–H groups in total. The molecule has 5 heteroatoms. The van der Waals surface area contributed by atoms with Crippen molar-refractivity contribution in [3.05, 3.63) is 10.1 Å². The number of hydrogen-bond acceptors (Lipinski definition) is 3. The van der Waals surface area contributed by atoms with E-state index < -0.39 is 0 Å². The molecule has 0 aliphatic rings. The lowest BCUT2D eigenvalue weighted by molar-refractivity contribution is -0.830. The van der Waals surface area contributed by atoms with Crippen molar-refractivity contribution in [2.75, 3.05) is 17.6 Å². The van der Waals surface area contributed by atoms with Crippen LogP contribution in [0.3, 0.4) is 0 Å². The van der Waals surface area contributed by atoms with E-state index in [4.69, 9.17) is 0 Å². The molecular formula is C4H9IN2O2. The van der Waals surface area contributed by atoms with Crippen molar-refractivity contribution in [1.82, 2.24) is 0 Å². The van der Waals surface area contributed by atoms with Crippen molar-refractivity contribution in [2.24, 2.45) is 5.18 Å². The quantitative estimate of drug-likeness (QED) is 0.183. The van der Waals surface area contributed by atoms with E-state index in [2.05, 4.69) is 5.18 Å². The Kier molecular flexibility index (Phi) is 6.55. The lowest BCUT2D eigenvalue weighted by atomic mass is 10.4. The number of nitroso groups, excluding NO2 is 1. The Bertz CT molecular complexity index is 81.0. The van der Waals surface area contributed by atoms with Crippen LogP contribution < -0.4 is 5.06 Å². The zero-order valence-electron chi connectivity index (χ0n) is 4.97. The van der Waals surface area contributed by atoms with E-state index in [9.17, 15) is 10.1 Å². The SMILES string of the molecule is O=NCCC[NH+]([O-])CI. The molecule has 0 spiro atoms. The number of hydroxylamine groups is 2. The molecule has 0 aromatic heterocycles. The largest absolute Gasteiger partial charge is 0.634 e. The average molecular weight is 244 g/mol. The minimum atomic E-state index is 0.194. The highest BCUT2D eigenvalue weighted by Crippen LogP contribution is 1.74. The maximum absolute atomic E-state index is 10.5. The molecular weight excluding hydrogens is 235 g/mol. The number of hydrogen-bond donors (Lipinski definition) is 1. The first-order valence-electron chi connectivity index (χ1n) is 2.68. The van der Waals surface area contributed by atoms with Crippen molar-refractivity contribution in [3.8, 4) is 0 Å². The van der Waals surface area contributed by atoms with Gasteiger partial charge in [-0.05, 0) is 22.6 Å². The number of quaternary nitrogens is 1. The normalized spacial score (nSPS) is 13.1. The fraction of sp³-hybridized carbons (Fsp3) is 1.00. The number of nitrogens with zero attached hydrogens (tertiary/aromatic N) is 1. The summed E-state index contributed by atoms with van der Waals surface area (Å²) in [5, 5.41) is 13.4. The van der Waals surface area contributed by atoms with Crippen LogP contribution in [0.4, 0.5) is 0 Å². The smallest absolute Gasteiger partial charge is 0.127 e. The van der Waals surface area contributed by atoms with E-state index in [0.29, 0.717) is 17.5 Å². The monoisotopic (exact) mass is 244 g/mol. The zero-order chi connectivity index (χ0) is 7.11. The minimum absolute atomic E-state index is 0.194. The molecule has 4 nitrogen and oxygen atoms in total. The lowest BCUT2D eigenvalue weighted by Crippen LogP contribution is -3.06. The predicted octanol–water partition coefficient (Wildman–Crippen LogP) is -0.0819. The Balaban J connectivity index is 2.96. The van der Waals surface area contributed by atoms with E-state index >= 15 is 0 Å². The summed E-state index contributed by atoms with van der Waals surface area (Å²) >= 11 is 2.01.